The van der Waals surface area contributed by atoms with Crippen molar-refractivity contribution in [2.45, 2.75) is 13.0 Å². The summed E-state index contributed by atoms with van der Waals surface area (Å²) in [7, 11) is 1.68. The summed E-state index contributed by atoms with van der Waals surface area (Å²) in [6.07, 6.45) is 2.78. The highest BCUT2D eigenvalue weighted by Crippen LogP contribution is 2.18. The maximum absolute atomic E-state index is 5.36. The molecule has 0 aliphatic heterocycles. The first-order valence-corrected chi connectivity index (χ1v) is 6.90. The van der Waals surface area contributed by atoms with Crippen molar-refractivity contribution in [2.75, 3.05) is 7.11 Å². The van der Waals surface area contributed by atoms with Gasteiger partial charge < -0.3 is 4.74 Å². The number of rotatable bonds is 5. The number of para-hydroxylation sites is 1. The summed E-state index contributed by atoms with van der Waals surface area (Å²) in [6.45, 7) is 0.659. The fourth-order valence-corrected chi connectivity index (χ4v) is 2.31. The van der Waals surface area contributed by atoms with Gasteiger partial charge in [0.15, 0.2) is 0 Å². The standard InChI is InChI=1S/C17H17N3O/c1-21-17-10-6-5-9-15(17)12-20-13-16(18-19-20)11-14-7-3-2-4-8-14/h2-10,13H,11-12H2,1H3. The quantitative estimate of drug-likeness (QED) is 0.721. The summed E-state index contributed by atoms with van der Waals surface area (Å²) in [4.78, 5) is 0. The van der Waals surface area contributed by atoms with Crippen LogP contribution in [0, 0.1) is 0 Å². The van der Waals surface area contributed by atoms with Crippen LogP contribution in [0.25, 0.3) is 0 Å². The molecular weight excluding hydrogens is 262 g/mol. The predicted octanol–water partition coefficient (Wildman–Crippen LogP) is 2.93. The van der Waals surface area contributed by atoms with E-state index in [1.807, 2.05) is 53.3 Å². The molecule has 21 heavy (non-hydrogen) atoms. The smallest absolute Gasteiger partial charge is 0.123 e. The molecule has 1 heterocycles. The van der Waals surface area contributed by atoms with Gasteiger partial charge in [-0.05, 0) is 11.6 Å². The van der Waals surface area contributed by atoms with E-state index in [1.54, 1.807) is 7.11 Å². The summed E-state index contributed by atoms with van der Waals surface area (Å²) < 4.78 is 7.20. The van der Waals surface area contributed by atoms with Gasteiger partial charge in [0.05, 0.1) is 19.3 Å². The van der Waals surface area contributed by atoms with E-state index in [1.165, 1.54) is 5.56 Å². The van der Waals surface area contributed by atoms with Crippen LogP contribution in [0.2, 0.25) is 0 Å². The Morgan fingerprint density at radius 3 is 2.57 bits per heavy atom. The second-order valence-electron chi connectivity index (χ2n) is 4.88. The minimum atomic E-state index is 0.659. The second-order valence-corrected chi connectivity index (χ2v) is 4.88. The molecule has 0 bridgehead atoms. The molecule has 0 aliphatic rings. The third-order valence-electron chi connectivity index (χ3n) is 3.34. The number of hydrogen-bond donors (Lipinski definition) is 0. The first kappa shape index (κ1) is 13.4. The van der Waals surface area contributed by atoms with E-state index in [4.69, 9.17) is 4.74 Å². The van der Waals surface area contributed by atoms with Crippen molar-refractivity contribution < 1.29 is 4.74 Å². The van der Waals surface area contributed by atoms with Gasteiger partial charge in [-0.1, -0.05) is 53.7 Å². The highest BCUT2D eigenvalue weighted by atomic mass is 16.5. The number of hydrogen-bond acceptors (Lipinski definition) is 3. The van der Waals surface area contributed by atoms with Crippen molar-refractivity contribution in [2.24, 2.45) is 0 Å². The molecule has 0 spiro atoms. The molecular formula is C17H17N3O. The van der Waals surface area contributed by atoms with Crippen molar-refractivity contribution in [3.05, 3.63) is 77.6 Å². The fourth-order valence-electron chi connectivity index (χ4n) is 2.31. The summed E-state index contributed by atoms with van der Waals surface area (Å²) in [6, 6.07) is 18.2. The Bertz CT molecular complexity index is 707. The van der Waals surface area contributed by atoms with Crippen LogP contribution in [0.15, 0.2) is 60.8 Å². The summed E-state index contributed by atoms with van der Waals surface area (Å²) in [5.74, 6) is 0.873. The van der Waals surface area contributed by atoms with E-state index in [0.29, 0.717) is 6.54 Å². The lowest BCUT2D eigenvalue weighted by Crippen LogP contribution is -2.02. The van der Waals surface area contributed by atoms with Gasteiger partial charge >= 0.3 is 0 Å². The Hall–Kier alpha value is -2.62. The zero-order valence-corrected chi connectivity index (χ0v) is 11.9. The largest absolute Gasteiger partial charge is 0.496 e. The normalized spacial score (nSPS) is 10.5. The zero-order chi connectivity index (χ0) is 14.5. The lowest BCUT2D eigenvalue weighted by atomic mass is 10.1. The van der Waals surface area contributed by atoms with E-state index in [9.17, 15) is 0 Å². The van der Waals surface area contributed by atoms with Gasteiger partial charge in [0.25, 0.3) is 0 Å². The Balaban J connectivity index is 1.73. The molecule has 3 aromatic rings. The third-order valence-corrected chi connectivity index (χ3v) is 3.34. The van der Waals surface area contributed by atoms with Crippen molar-refractivity contribution in [3.63, 3.8) is 0 Å². The van der Waals surface area contributed by atoms with Crippen LogP contribution in [0.1, 0.15) is 16.8 Å². The van der Waals surface area contributed by atoms with Crippen LogP contribution >= 0.6 is 0 Å². The average molecular weight is 279 g/mol. The first-order chi connectivity index (χ1) is 10.3. The molecule has 0 N–H and O–H groups in total. The molecule has 4 nitrogen and oxygen atoms in total. The van der Waals surface area contributed by atoms with Gasteiger partial charge in [-0.25, -0.2) is 4.68 Å². The van der Waals surface area contributed by atoms with Gasteiger partial charge in [-0.15, -0.1) is 5.10 Å². The molecule has 0 radical (unpaired) electrons. The van der Waals surface area contributed by atoms with Crippen LogP contribution < -0.4 is 4.74 Å². The molecule has 0 fully saturated rings. The van der Waals surface area contributed by atoms with Crippen molar-refractivity contribution in [1.82, 2.24) is 15.0 Å². The molecule has 0 saturated heterocycles. The van der Waals surface area contributed by atoms with E-state index in [-0.39, 0.29) is 0 Å². The highest BCUT2D eigenvalue weighted by Gasteiger charge is 2.06. The summed E-state index contributed by atoms with van der Waals surface area (Å²) in [5.41, 5.74) is 3.30. The van der Waals surface area contributed by atoms with Gasteiger partial charge in [0.2, 0.25) is 0 Å². The molecule has 1 aromatic heterocycles. The number of aromatic nitrogens is 3. The van der Waals surface area contributed by atoms with Crippen LogP contribution in [0.5, 0.6) is 5.75 Å². The zero-order valence-electron chi connectivity index (χ0n) is 11.9. The van der Waals surface area contributed by atoms with E-state index in [2.05, 4.69) is 22.4 Å². The molecule has 0 atom stereocenters. The van der Waals surface area contributed by atoms with Crippen LogP contribution in [0.4, 0.5) is 0 Å². The topological polar surface area (TPSA) is 39.9 Å². The number of nitrogens with zero attached hydrogens (tertiary/aromatic N) is 3. The van der Waals surface area contributed by atoms with Gasteiger partial charge in [0, 0.05) is 18.2 Å². The van der Waals surface area contributed by atoms with Crippen LogP contribution in [-0.4, -0.2) is 22.1 Å². The van der Waals surface area contributed by atoms with Gasteiger partial charge in [-0.2, -0.15) is 0 Å². The predicted molar refractivity (Wildman–Crippen MR) is 81.4 cm³/mol. The minimum absolute atomic E-state index is 0.659. The molecule has 106 valence electrons. The maximum Gasteiger partial charge on any atom is 0.123 e. The molecule has 2 aromatic carbocycles. The number of ether oxygens (including phenoxy) is 1. The monoisotopic (exact) mass is 279 g/mol. The van der Waals surface area contributed by atoms with Crippen LogP contribution in [0.3, 0.4) is 0 Å². The lowest BCUT2D eigenvalue weighted by Gasteiger charge is -2.07. The Kier molecular flexibility index (Phi) is 3.96. The lowest BCUT2D eigenvalue weighted by molar-refractivity contribution is 0.407. The maximum atomic E-state index is 5.36. The summed E-state index contributed by atoms with van der Waals surface area (Å²) in [5, 5.41) is 8.43. The van der Waals surface area contributed by atoms with Crippen LogP contribution in [-0.2, 0) is 13.0 Å². The van der Waals surface area contributed by atoms with E-state index in [0.717, 1.165) is 23.4 Å². The Morgan fingerprint density at radius 2 is 1.76 bits per heavy atom. The summed E-state index contributed by atoms with van der Waals surface area (Å²) >= 11 is 0. The van der Waals surface area contributed by atoms with Crippen molar-refractivity contribution in [1.29, 1.82) is 0 Å². The molecule has 0 saturated carbocycles. The Morgan fingerprint density at radius 1 is 1.00 bits per heavy atom. The number of benzene rings is 2. The molecule has 0 aliphatic carbocycles. The minimum Gasteiger partial charge on any atom is -0.496 e. The van der Waals surface area contributed by atoms with Crippen molar-refractivity contribution >= 4 is 0 Å². The first-order valence-electron chi connectivity index (χ1n) is 6.90. The fraction of sp³-hybridized carbons (Fsp3) is 0.176. The Labute approximate surface area is 124 Å². The van der Waals surface area contributed by atoms with Crippen molar-refractivity contribution in [3.8, 4) is 5.75 Å². The molecule has 0 amide bonds. The molecule has 0 unspecified atom stereocenters. The van der Waals surface area contributed by atoms with Gasteiger partial charge in [0.1, 0.15) is 5.75 Å². The van der Waals surface area contributed by atoms with E-state index < -0.39 is 0 Å². The second kappa shape index (κ2) is 6.22. The SMILES string of the molecule is COc1ccccc1Cn1cc(Cc2ccccc2)nn1. The molecule has 4 heteroatoms. The number of methoxy groups -OCH3 is 1. The van der Waals surface area contributed by atoms with E-state index >= 15 is 0 Å². The average Bonchev–Trinajstić information content (AvgIpc) is 2.96. The highest BCUT2D eigenvalue weighted by molar-refractivity contribution is 5.33. The molecule has 3 rings (SSSR count). The van der Waals surface area contributed by atoms with Gasteiger partial charge in [-0.3, -0.25) is 0 Å². The third kappa shape index (κ3) is 3.28.